The Labute approximate surface area is 170 Å². The van der Waals surface area contributed by atoms with E-state index in [-0.39, 0.29) is 5.56 Å². The molecule has 29 heavy (non-hydrogen) atoms. The van der Waals surface area contributed by atoms with Crippen LogP contribution in [0.25, 0.3) is 0 Å². The molecule has 0 bridgehead atoms. The summed E-state index contributed by atoms with van der Waals surface area (Å²) in [5, 5.41) is 12.0. The molecule has 146 valence electrons. The lowest BCUT2D eigenvalue weighted by molar-refractivity contribution is -0.137. The molecule has 3 aromatic rings. The van der Waals surface area contributed by atoms with E-state index < -0.39 is 17.6 Å². The van der Waals surface area contributed by atoms with Gasteiger partial charge in [0.2, 0.25) is 0 Å². The molecule has 1 N–H and O–H groups in total. The molecule has 0 saturated heterocycles. The second-order valence-corrected chi connectivity index (χ2v) is 7.39. The van der Waals surface area contributed by atoms with Crippen LogP contribution in [0.4, 0.5) is 18.9 Å². The SMILES string of the molecule is Cc1ccc(Sc2ccc(NC(=O)c3cccc(C(F)(F)F)c3)cc2C#N)cc1. The second-order valence-electron chi connectivity index (χ2n) is 6.27. The van der Waals surface area contributed by atoms with Gasteiger partial charge in [0.15, 0.2) is 0 Å². The summed E-state index contributed by atoms with van der Waals surface area (Å²) in [6, 6.07) is 18.9. The van der Waals surface area contributed by atoms with Crippen molar-refractivity contribution in [2.75, 3.05) is 5.32 Å². The Morgan fingerprint density at radius 2 is 1.76 bits per heavy atom. The fourth-order valence-electron chi connectivity index (χ4n) is 2.56. The molecule has 1 amide bonds. The van der Waals surface area contributed by atoms with Gasteiger partial charge in [-0.05, 0) is 55.5 Å². The van der Waals surface area contributed by atoms with Crippen LogP contribution in [0.15, 0.2) is 76.5 Å². The molecule has 0 radical (unpaired) electrons. The fraction of sp³-hybridized carbons (Fsp3) is 0.0909. The summed E-state index contributed by atoms with van der Waals surface area (Å²) in [6.07, 6.45) is -4.53. The highest BCUT2D eigenvalue weighted by atomic mass is 32.2. The standard InChI is InChI=1S/C22H15F3N2OS/c1-14-5-8-19(9-6-14)29-20-10-7-18(12-16(20)13-26)27-21(28)15-3-2-4-17(11-15)22(23,24)25/h2-12H,1H3,(H,27,28). The van der Waals surface area contributed by atoms with Crippen LogP contribution in [-0.4, -0.2) is 5.91 Å². The molecule has 0 unspecified atom stereocenters. The van der Waals surface area contributed by atoms with Gasteiger partial charge in [0.05, 0.1) is 11.1 Å². The van der Waals surface area contributed by atoms with Crippen molar-refractivity contribution in [2.24, 2.45) is 0 Å². The van der Waals surface area contributed by atoms with Crippen molar-refractivity contribution in [1.29, 1.82) is 5.26 Å². The minimum absolute atomic E-state index is 0.114. The van der Waals surface area contributed by atoms with Crippen LogP contribution in [0, 0.1) is 18.3 Å². The van der Waals surface area contributed by atoms with Crippen LogP contribution in [-0.2, 0) is 6.18 Å². The molecule has 0 aliphatic heterocycles. The minimum atomic E-state index is -4.53. The number of alkyl halides is 3. The van der Waals surface area contributed by atoms with E-state index in [1.54, 1.807) is 12.1 Å². The maximum absolute atomic E-state index is 12.8. The van der Waals surface area contributed by atoms with Gasteiger partial charge < -0.3 is 5.32 Å². The van der Waals surface area contributed by atoms with Crippen molar-refractivity contribution in [3.63, 3.8) is 0 Å². The lowest BCUT2D eigenvalue weighted by Crippen LogP contribution is -2.14. The van der Waals surface area contributed by atoms with Gasteiger partial charge in [-0.15, -0.1) is 0 Å². The molecule has 0 heterocycles. The highest BCUT2D eigenvalue weighted by molar-refractivity contribution is 7.99. The van der Waals surface area contributed by atoms with E-state index in [2.05, 4.69) is 11.4 Å². The normalized spacial score (nSPS) is 11.0. The lowest BCUT2D eigenvalue weighted by atomic mass is 10.1. The van der Waals surface area contributed by atoms with E-state index in [9.17, 15) is 23.2 Å². The number of carbonyl (C=O) groups is 1. The largest absolute Gasteiger partial charge is 0.416 e. The molecule has 7 heteroatoms. The third-order valence-electron chi connectivity index (χ3n) is 4.06. The lowest BCUT2D eigenvalue weighted by Gasteiger charge is -2.11. The highest BCUT2D eigenvalue weighted by Crippen LogP contribution is 2.32. The third-order valence-corrected chi connectivity index (χ3v) is 5.14. The Morgan fingerprint density at radius 1 is 1.03 bits per heavy atom. The van der Waals surface area contributed by atoms with Crippen LogP contribution in [0.1, 0.15) is 27.0 Å². The minimum Gasteiger partial charge on any atom is -0.322 e. The molecule has 0 aliphatic rings. The number of benzene rings is 3. The van der Waals surface area contributed by atoms with Gasteiger partial charge >= 0.3 is 6.18 Å². The van der Waals surface area contributed by atoms with Crippen LogP contribution in [0.5, 0.6) is 0 Å². The van der Waals surface area contributed by atoms with Gasteiger partial charge in [-0.25, -0.2) is 0 Å². The van der Waals surface area contributed by atoms with Crippen LogP contribution >= 0.6 is 11.8 Å². The molecule has 0 aliphatic carbocycles. The Bertz CT molecular complexity index is 1090. The zero-order chi connectivity index (χ0) is 21.0. The zero-order valence-electron chi connectivity index (χ0n) is 15.2. The third kappa shape index (κ3) is 5.18. The van der Waals surface area contributed by atoms with Crippen molar-refractivity contribution in [1.82, 2.24) is 0 Å². The zero-order valence-corrected chi connectivity index (χ0v) is 16.1. The van der Waals surface area contributed by atoms with E-state index >= 15 is 0 Å². The molecule has 3 rings (SSSR count). The number of carbonyl (C=O) groups excluding carboxylic acids is 1. The number of hydrogen-bond donors (Lipinski definition) is 1. The summed E-state index contributed by atoms with van der Waals surface area (Å²) in [7, 11) is 0. The predicted octanol–water partition coefficient (Wildman–Crippen LogP) is 6.29. The van der Waals surface area contributed by atoms with Gasteiger partial charge in [0, 0.05) is 21.0 Å². The van der Waals surface area contributed by atoms with Crippen LogP contribution in [0.3, 0.4) is 0 Å². The summed E-state index contributed by atoms with van der Waals surface area (Å²) in [5.41, 5.74) is 0.807. The smallest absolute Gasteiger partial charge is 0.322 e. The number of nitriles is 1. The molecule has 0 saturated carbocycles. The van der Waals surface area contributed by atoms with Gasteiger partial charge in [-0.2, -0.15) is 18.4 Å². The van der Waals surface area contributed by atoms with Crippen molar-refractivity contribution < 1.29 is 18.0 Å². The van der Waals surface area contributed by atoms with Gasteiger partial charge in [-0.3, -0.25) is 4.79 Å². The molecule has 3 aromatic carbocycles. The van der Waals surface area contributed by atoms with Crippen molar-refractivity contribution in [2.45, 2.75) is 22.9 Å². The number of nitrogens with one attached hydrogen (secondary N) is 1. The first-order valence-corrected chi connectivity index (χ1v) is 9.35. The number of amides is 1. The summed E-state index contributed by atoms with van der Waals surface area (Å²) < 4.78 is 38.5. The van der Waals surface area contributed by atoms with Crippen LogP contribution in [0.2, 0.25) is 0 Å². The average molecular weight is 412 g/mol. The Kier molecular flexibility index (Phi) is 5.95. The quantitative estimate of drug-likeness (QED) is 0.548. The molecule has 3 nitrogen and oxygen atoms in total. The number of rotatable bonds is 4. The van der Waals surface area contributed by atoms with Crippen molar-refractivity contribution in [3.8, 4) is 6.07 Å². The number of aryl methyl sites for hydroxylation is 1. The Morgan fingerprint density at radius 3 is 2.41 bits per heavy atom. The molecule has 0 spiro atoms. The second kappa shape index (κ2) is 8.41. The molecule has 0 atom stereocenters. The van der Waals surface area contributed by atoms with E-state index in [1.807, 2.05) is 31.2 Å². The molecular formula is C22H15F3N2OS. The predicted molar refractivity (Wildman–Crippen MR) is 106 cm³/mol. The van der Waals surface area contributed by atoms with Gasteiger partial charge in [-0.1, -0.05) is 35.5 Å². The summed E-state index contributed by atoms with van der Waals surface area (Å²) in [5.74, 6) is -0.682. The van der Waals surface area contributed by atoms with Gasteiger partial charge in [0.25, 0.3) is 5.91 Å². The maximum Gasteiger partial charge on any atom is 0.416 e. The Balaban J connectivity index is 1.79. The van der Waals surface area contributed by atoms with E-state index in [0.29, 0.717) is 16.1 Å². The first kappa shape index (κ1) is 20.5. The topological polar surface area (TPSA) is 52.9 Å². The Hall–Kier alpha value is -3.24. The average Bonchev–Trinajstić information content (AvgIpc) is 2.70. The number of halogens is 3. The van der Waals surface area contributed by atoms with E-state index in [1.165, 1.54) is 30.0 Å². The summed E-state index contributed by atoms with van der Waals surface area (Å²) in [6.45, 7) is 1.98. The summed E-state index contributed by atoms with van der Waals surface area (Å²) >= 11 is 1.42. The van der Waals surface area contributed by atoms with Gasteiger partial charge in [0.1, 0.15) is 6.07 Å². The van der Waals surface area contributed by atoms with Crippen molar-refractivity contribution in [3.05, 3.63) is 89.0 Å². The number of hydrogen-bond acceptors (Lipinski definition) is 3. The fourth-order valence-corrected chi connectivity index (χ4v) is 3.43. The maximum atomic E-state index is 12.8. The highest BCUT2D eigenvalue weighted by Gasteiger charge is 2.30. The molecular weight excluding hydrogens is 397 g/mol. The first-order chi connectivity index (χ1) is 13.8. The number of nitrogens with zero attached hydrogens (tertiary/aromatic N) is 1. The monoisotopic (exact) mass is 412 g/mol. The van der Waals surface area contributed by atoms with Crippen LogP contribution < -0.4 is 5.32 Å². The molecule has 0 fully saturated rings. The first-order valence-electron chi connectivity index (χ1n) is 8.53. The van der Waals surface area contributed by atoms with E-state index in [4.69, 9.17) is 0 Å². The number of anilines is 1. The van der Waals surface area contributed by atoms with Crippen molar-refractivity contribution >= 4 is 23.4 Å². The van der Waals surface area contributed by atoms with E-state index in [0.717, 1.165) is 22.6 Å². The summed E-state index contributed by atoms with van der Waals surface area (Å²) in [4.78, 5) is 14.0. The molecule has 0 aromatic heterocycles.